The minimum absolute atomic E-state index is 0.197. The Morgan fingerprint density at radius 2 is 2.06 bits per heavy atom. The normalized spacial score (nSPS) is 15.0. The zero-order valence-corrected chi connectivity index (χ0v) is 20.9. The summed E-state index contributed by atoms with van der Waals surface area (Å²) >= 11 is 1.17. The molecule has 0 saturated heterocycles. The molecule has 0 radical (unpaired) electrons. The molecule has 2 aliphatic rings. The highest BCUT2D eigenvalue weighted by Gasteiger charge is 2.33. The Kier molecular flexibility index (Phi) is 7.35. The smallest absolute Gasteiger partial charge is 0.335 e. The van der Waals surface area contributed by atoms with E-state index < -0.39 is 16.2 Å². The summed E-state index contributed by atoms with van der Waals surface area (Å²) in [5, 5.41) is 11.0. The second-order valence-corrected chi connectivity index (χ2v) is 11.2. The van der Waals surface area contributed by atoms with Crippen molar-refractivity contribution in [3.63, 3.8) is 0 Å². The summed E-state index contributed by atoms with van der Waals surface area (Å²) in [5.74, 6) is -0.488. The molecule has 0 amide bonds. The highest BCUT2D eigenvalue weighted by molar-refractivity contribution is 8.10. The van der Waals surface area contributed by atoms with Crippen LogP contribution in [0.2, 0.25) is 0 Å². The first-order chi connectivity index (χ1) is 16.3. The molecule has 4 rings (SSSR count). The summed E-state index contributed by atoms with van der Waals surface area (Å²) < 4.78 is 36.2. The molecule has 0 spiro atoms. The number of fused-ring (bicyclic) bond motifs is 1. The molecule has 7 nitrogen and oxygen atoms in total. The maximum atomic E-state index is 13.6. The third-order valence-corrected chi connectivity index (χ3v) is 9.00. The number of hydrogen-bond donors (Lipinski definition) is 1. The van der Waals surface area contributed by atoms with E-state index in [0.717, 1.165) is 41.5 Å². The Hall–Kier alpha value is -2.75. The number of ether oxygens (including phenoxy) is 1. The van der Waals surface area contributed by atoms with Crippen LogP contribution in [0.25, 0.3) is 6.08 Å². The molecule has 0 saturated carbocycles. The van der Waals surface area contributed by atoms with E-state index in [1.54, 1.807) is 23.6 Å². The summed E-state index contributed by atoms with van der Waals surface area (Å²) in [7, 11) is -3.77. The molecule has 0 atom stereocenters. The maximum absolute atomic E-state index is 13.6. The SMILES string of the molecule is CCCCN(c1cc2c(cc1OCc1ccc(C(=O)O)cc1C)C=CC2)S(=O)(=O)N1CC=CS1. The molecule has 1 aliphatic heterocycles. The van der Waals surface area contributed by atoms with Gasteiger partial charge in [-0.15, -0.1) is 3.71 Å². The summed E-state index contributed by atoms with van der Waals surface area (Å²) in [6, 6.07) is 8.73. The van der Waals surface area contributed by atoms with Crippen LogP contribution in [0.15, 0.2) is 47.9 Å². The van der Waals surface area contributed by atoms with Crippen LogP contribution in [-0.4, -0.2) is 36.3 Å². The first-order valence-corrected chi connectivity index (χ1v) is 13.5. The highest BCUT2D eigenvalue weighted by atomic mass is 32.3. The lowest BCUT2D eigenvalue weighted by molar-refractivity contribution is 0.0696. The highest BCUT2D eigenvalue weighted by Crippen LogP contribution is 2.39. The van der Waals surface area contributed by atoms with Gasteiger partial charge < -0.3 is 9.84 Å². The second kappa shape index (κ2) is 10.2. The molecule has 1 aliphatic carbocycles. The zero-order valence-electron chi connectivity index (χ0n) is 19.2. The first-order valence-electron chi connectivity index (χ1n) is 11.2. The Balaban J connectivity index is 1.70. The monoisotopic (exact) mass is 500 g/mol. The van der Waals surface area contributed by atoms with Crippen molar-refractivity contribution in [3.8, 4) is 5.75 Å². The van der Waals surface area contributed by atoms with E-state index in [1.807, 2.05) is 38.1 Å². The lowest BCUT2D eigenvalue weighted by Gasteiger charge is -2.30. The summed E-state index contributed by atoms with van der Waals surface area (Å²) in [4.78, 5) is 11.3. The van der Waals surface area contributed by atoms with Crippen molar-refractivity contribution in [1.29, 1.82) is 0 Å². The number of benzene rings is 2. The van der Waals surface area contributed by atoms with Gasteiger partial charge in [0, 0.05) is 13.1 Å². The molecule has 0 unspecified atom stereocenters. The third kappa shape index (κ3) is 5.01. The average molecular weight is 501 g/mol. The van der Waals surface area contributed by atoms with Crippen molar-refractivity contribution in [2.75, 3.05) is 17.4 Å². The molecule has 0 bridgehead atoms. The Morgan fingerprint density at radius 3 is 2.74 bits per heavy atom. The van der Waals surface area contributed by atoms with Gasteiger partial charge in [-0.3, -0.25) is 4.31 Å². The lowest BCUT2D eigenvalue weighted by atomic mass is 10.1. The zero-order chi connectivity index (χ0) is 24.3. The summed E-state index contributed by atoms with van der Waals surface area (Å²) in [6.07, 6.45) is 8.22. The molecule has 2 aromatic carbocycles. The van der Waals surface area contributed by atoms with Crippen molar-refractivity contribution in [3.05, 3.63) is 75.7 Å². The van der Waals surface area contributed by atoms with E-state index >= 15 is 0 Å². The number of aryl methyl sites for hydroxylation is 1. The number of carboxylic acid groups (broad SMARTS) is 1. The van der Waals surface area contributed by atoms with Gasteiger partial charge >= 0.3 is 16.2 Å². The van der Waals surface area contributed by atoms with Gasteiger partial charge in [-0.05, 0) is 83.6 Å². The van der Waals surface area contributed by atoms with Gasteiger partial charge in [0.25, 0.3) is 0 Å². The van der Waals surface area contributed by atoms with Crippen molar-refractivity contribution in [2.45, 2.75) is 39.7 Å². The van der Waals surface area contributed by atoms with Crippen LogP contribution in [0.5, 0.6) is 5.75 Å². The van der Waals surface area contributed by atoms with E-state index in [1.165, 1.54) is 20.0 Å². The summed E-state index contributed by atoms with van der Waals surface area (Å²) in [6.45, 7) is 4.75. The number of rotatable bonds is 10. The standard InChI is InChI=1S/C25H28N2O5S2/c1-3-4-11-26(34(30,31)27-12-6-13-33-27)23-15-19-7-5-8-20(19)16-24(23)32-17-22-10-9-21(25(28)29)14-18(22)2/h5-6,8-10,13-16H,3-4,7,11-12,17H2,1-2H3,(H,28,29). The predicted octanol–water partition coefficient (Wildman–Crippen LogP) is 5.17. The van der Waals surface area contributed by atoms with Crippen LogP contribution in [0, 0.1) is 6.92 Å². The minimum Gasteiger partial charge on any atom is -0.487 e. The van der Waals surface area contributed by atoms with Crippen LogP contribution in [-0.2, 0) is 23.2 Å². The van der Waals surface area contributed by atoms with E-state index in [-0.39, 0.29) is 12.2 Å². The van der Waals surface area contributed by atoms with Crippen LogP contribution in [0.4, 0.5) is 5.69 Å². The Labute approximate surface area is 205 Å². The average Bonchev–Trinajstić information content (AvgIpc) is 3.50. The molecule has 180 valence electrons. The largest absolute Gasteiger partial charge is 0.487 e. The predicted molar refractivity (Wildman–Crippen MR) is 136 cm³/mol. The molecule has 9 heteroatoms. The number of unbranched alkanes of at least 4 members (excludes halogenated alkanes) is 1. The number of aromatic carboxylic acids is 1. The molecule has 0 aromatic heterocycles. The van der Waals surface area contributed by atoms with Crippen molar-refractivity contribution < 1.29 is 23.1 Å². The van der Waals surface area contributed by atoms with Gasteiger partial charge in [0.1, 0.15) is 12.4 Å². The molecule has 1 N–H and O–H groups in total. The summed E-state index contributed by atoms with van der Waals surface area (Å²) in [5.41, 5.74) is 4.48. The Morgan fingerprint density at radius 1 is 1.24 bits per heavy atom. The van der Waals surface area contributed by atoms with Gasteiger partial charge in [0.2, 0.25) is 0 Å². The molecular formula is C25H28N2O5S2. The fourth-order valence-electron chi connectivity index (χ4n) is 3.93. The fourth-order valence-corrected chi connectivity index (χ4v) is 6.48. The van der Waals surface area contributed by atoms with Gasteiger partial charge in [0.15, 0.2) is 0 Å². The van der Waals surface area contributed by atoms with Gasteiger partial charge in [-0.2, -0.15) is 8.42 Å². The van der Waals surface area contributed by atoms with E-state index in [2.05, 4.69) is 6.08 Å². The van der Waals surface area contributed by atoms with E-state index in [4.69, 9.17) is 4.74 Å². The molecule has 2 aromatic rings. The van der Waals surface area contributed by atoms with Gasteiger partial charge in [-0.1, -0.05) is 37.6 Å². The van der Waals surface area contributed by atoms with Crippen molar-refractivity contribution in [2.24, 2.45) is 0 Å². The number of nitrogens with zero attached hydrogens (tertiary/aromatic N) is 2. The number of hydrogen-bond acceptors (Lipinski definition) is 5. The van der Waals surface area contributed by atoms with Crippen LogP contribution in [0.3, 0.4) is 0 Å². The molecule has 34 heavy (non-hydrogen) atoms. The molecular weight excluding hydrogens is 472 g/mol. The fraction of sp³-hybridized carbons (Fsp3) is 0.320. The van der Waals surface area contributed by atoms with Crippen molar-refractivity contribution >= 4 is 39.9 Å². The number of allylic oxidation sites excluding steroid dienone is 1. The van der Waals surface area contributed by atoms with Gasteiger partial charge in [0.05, 0.1) is 11.3 Å². The van der Waals surface area contributed by atoms with Gasteiger partial charge in [-0.25, -0.2) is 4.79 Å². The van der Waals surface area contributed by atoms with Crippen LogP contribution in [0.1, 0.15) is 52.4 Å². The quantitative estimate of drug-likeness (QED) is 0.453. The van der Waals surface area contributed by atoms with Crippen LogP contribution >= 0.6 is 11.9 Å². The van der Waals surface area contributed by atoms with E-state index in [9.17, 15) is 18.3 Å². The Bertz CT molecular complexity index is 1250. The third-order valence-electron chi connectivity index (χ3n) is 5.88. The molecule has 0 fully saturated rings. The molecule has 1 heterocycles. The van der Waals surface area contributed by atoms with Crippen molar-refractivity contribution in [1.82, 2.24) is 3.71 Å². The maximum Gasteiger partial charge on any atom is 0.335 e. The van der Waals surface area contributed by atoms with Crippen LogP contribution < -0.4 is 9.04 Å². The van der Waals surface area contributed by atoms with E-state index in [0.29, 0.717) is 24.5 Å². The second-order valence-electron chi connectivity index (χ2n) is 8.26. The first kappa shape index (κ1) is 24.4. The number of anilines is 1. The lowest BCUT2D eigenvalue weighted by Crippen LogP contribution is -2.40. The topological polar surface area (TPSA) is 87.1 Å². The number of carboxylic acids is 1. The minimum atomic E-state index is -3.77. The number of carbonyl (C=O) groups is 1.